The first kappa shape index (κ1) is 10.4. The van der Waals surface area contributed by atoms with Gasteiger partial charge in [-0.1, -0.05) is 30.3 Å². The van der Waals surface area contributed by atoms with Crippen LogP contribution in [0.2, 0.25) is 0 Å². The Labute approximate surface area is 103 Å². The first-order chi connectivity index (χ1) is 7.29. The summed E-state index contributed by atoms with van der Waals surface area (Å²) in [5, 5.41) is 0. The van der Waals surface area contributed by atoms with Crippen molar-refractivity contribution in [2.75, 3.05) is 10.2 Å². The smallest absolute Gasteiger partial charge is 0.0588 e. The van der Waals surface area contributed by atoms with Crippen LogP contribution in [0.3, 0.4) is 0 Å². The number of nitrogens with zero attached hydrogens (tertiary/aromatic N) is 2. The molecule has 0 aliphatic rings. The number of hydrogen-bond acceptors (Lipinski definition) is 2. The van der Waals surface area contributed by atoms with Crippen LogP contribution in [0.25, 0.3) is 11.1 Å². The highest BCUT2D eigenvalue weighted by molar-refractivity contribution is 14.1. The summed E-state index contributed by atoms with van der Waals surface area (Å²) in [4.78, 5) is 4.17. The van der Waals surface area contributed by atoms with Crippen molar-refractivity contribution in [2.45, 2.75) is 0 Å². The zero-order valence-corrected chi connectivity index (χ0v) is 10.5. The molecule has 2 nitrogen and oxygen atoms in total. The molecule has 2 rings (SSSR count). The molecule has 1 heterocycles. The first-order valence-corrected chi connectivity index (χ1v) is 5.64. The van der Waals surface area contributed by atoms with Gasteiger partial charge in [-0.2, -0.15) is 0 Å². The van der Waals surface area contributed by atoms with Crippen molar-refractivity contribution in [3.05, 3.63) is 48.8 Å². The van der Waals surface area contributed by atoms with Gasteiger partial charge in [0, 0.05) is 25.0 Å². The maximum absolute atomic E-state index is 4.17. The van der Waals surface area contributed by atoms with Gasteiger partial charge in [-0.3, -0.25) is 4.98 Å². The summed E-state index contributed by atoms with van der Waals surface area (Å²) >= 11 is 2.27. The first-order valence-electron chi connectivity index (χ1n) is 4.68. The summed E-state index contributed by atoms with van der Waals surface area (Å²) in [5.41, 5.74) is 3.54. The molecule has 0 amide bonds. The normalized spacial score (nSPS) is 10.0. The van der Waals surface area contributed by atoms with E-state index in [1.165, 1.54) is 11.3 Å². The fraction of sp³-hybridized carbons (Fsp3) is 0.0833. The van der Waals surface area contributed by atoms with Gasteiger partial charge in [0.05, 0.1) is 28.6 Å². The Morgan fingerprint density at radius 2 is 1.87 bits per heavy atom. The molecule has 0 aliphatic heterocycles. The Morgan fingerprint density at radius 3 is 2.53 bits per heavy atom. The van der Waals surface area contributed by atoms with E-state index in [1.807, 2.05) is 43.7 Å². The van der Waals surface area contributed by atoms with Crippen molar-refractivity contribution >= 4 is 28.6 Å². The fourth-order valence-corrected chi connectivity index (χ4v) is 1.92. The molecule has 1 aromatic heterocycles. The predicted molar refractivity (Wildman–Crippen MR) is 72.1 cm³/mol. The molecule has 0 atom stereocenters. The Bertz CT molecular complexity index is 440. The van der Waals surface area contributed by atoms with Crippen molar-refractivity contribution in [1.29, 1.82) is 0 Å². The van der Waals surface area contributed by atoms with Gasteiger partial charge < -0.3 is 3.11 Å². The number of rotatable bonds is 2. The summed E-state index contributed by atoms with van der Waals surface area (Å²) < 4.78 is 2.07. The molecule has 0 fully saturated rings. The Kier molecular flexibility index (Phi) is 3.20. The SMILES string of the molecule is CN(I)c1ccncc1-c1ccccc1. The lowest BCUT2D eigenvalue weighted by Gasteiger charge is -2.14. The minimum atomic E-state index is 1.16. The molecule has 0 saturated carbocycles. The van der Waals surface area contributed by atoms with E-state index in [4.69, 9.17) is 0 Å². The lowest BCUT2D eigenvalue weighted by Crippen LogP contribution is -2.01. The van der Waals surface area contributed by atoms with E-state index in [0.717, 1.165) is 5.56 Å². The second-order valence-electron chi connectivity index (χ2n) is 3.24. The van der Waals surface area contributed by atoms with Crippen molar-refractivity contribution in [3.8, 4) is 11.1 Å². The second-order valence-corrected chi connectivity index (χ2v) is 4.68. The van der Waals surface area contributed by atoms with E-state index in [0.29, 0.717) is 0 Å². The van der Waals surface area contributed by atoms with E-state index in [2.05, 4.69) is 43.1 Å². The van der Waals surface area contributed by atoms with Crippen LogP contribution in [-0.4, -0.2) is 12.0 Å². The van der Waals surface area contributed by atoms with Crippen LogP contribution in [0.1, 0.15) is 0 Å². The van der Waals surface area contributed by atoms with Crippen LogP contribution >= 0.6 is 22.9 Å². The maximum Gasteiger partial charge on any atom is 0.0588 e. The van der Waals surface area contributed by atoms with Crippen LogP contribution in [0, 0.1) is 0 Å². The van der Waals surface area contributed by atoms with E-state index in [9.17, 15) is 0 Å². The zero-order valence-electron chi connectivity index (χ0n) is 8.39. The molecule has 0 bridgehead atoms. The van der Waals surface area contributed by atoms with E-state index in [-0.39, 0.29) is 0 Å². The fourth-order valence-electron chi connectivity index (χ4n) is 1.50. The van der Waals surface area contributed by atoms with E-state index < -0.39 is 0 Å². The van der Waals surface area contributed by atoms with Gasteiger partial charge in [-0.25, -0.2) is 0 Å². The minimum Gasteiger partial charge on any atom is -0.317 e. The van der Waals surface area contributed by atoms with Gasteiger partial charge in [-0.05, 0) is 11.6 Å². The summed E-state index contributed by atoms with van der Waals surface area (Å²) in [7, 11) is 2.03. The van der Waals surface area contributed by atoms with Gasteiger partial charge in [0.25, 0.3) is 0 Å². The van der Waals surface area contributed by atoms with Crippen molar-refractivity contribution in [1.82, 2.24) is 4.98 Å². The highest BCUT2D eigenvalue weighted by atomic mass is 127. The molecule has 76 valence electrons. The average molecular weight is 310 g/mol. The zero-order chi connectivity index (χ0) is 10.7. The van der Waals surface area contributed by atoms with Crippen molar-refractivity contribution in [3.63, 3.8) is 0 Å². The Morgan fingerprint density at radius 1 is 1.13 bits per heavy atom. The molecule has 3 heteroatoms. The monoisotopic (exact) mass is 310 g/mol. The van der Waals surface area contributed by atoms with E-state index in [1.54, 1.807) is 0 Å². The molecule has 0 radical (unpaired) electrons. The number of aromatic nitrogens is 1. The second kappa shape index (κ2) is 4.61. The van der Waals surface area contributed by atoms with Gasteiger partial charge in [0.2, 0.25) is 0 Å². The van der Waals surface area contributed by atoms with Gasteiger partial charge in [0.15, 0.2) is 0 Å². The molecule has 0 spiro atoms. The summed E-state index contributed by atoms with van der Waals surface area (Å²) in [6.07, 6.45) is 3.72. The predicted octanol–water partition coefficient (Wildman–Crippen LogP) is 3.53. The summed E-state index contributed by atoms with van der Waals surface area (Å²) in [5.74, 6) is 0. The molecule has 0 N–H and O–H groups in total. The van der Waals surface area contributed by atoms with E-state index >= 15 is 0 Å². The Balaban J connectivity index is 2.53. The van der Waals surface area contributed by atoms with Crippen LogP contribution in [0.5, 0.6) is 0 Å². The molecular formula is C12H11IN2. The summed E-state index contributed by atoms with van der Waals surface area (Å²) in [6, 6.07) is 12.3. The third-order valence-electron chi connectivity index (χ3n) is 2.21. The summed E-state index contributed by atoms with van der Waals surface area (Å²) in [6.45, 7) is 0. The average Bonchev–Trinajstić information content (AvgIpc) is 2.30. The quantitative estimate of drug-likeness (QED) is 0.623. The molecule has 0 saturated heterocycles. The van der Waals surface area contributed by atoms with Crippen LogP contribution in [0.15, 0.2) is 48.8 Å². The highest BCUT2D eigenvalue weighted by Gasteiger charge is 2.06. The Hall–Kier alpha value is -1.10. The molecule has 2 aromatic rings. The number of benzene rings is 1. The molecule has 1 aromatic carbocycles. The van der Waals surface area contributed by atoms with Gasteiger partial charge in [-0.15, -0.1) is 0 Å². The van der Waals surface area contributed by atoms with Crippen LogP contribution in [-0.2, 0) is 0 Å². The largest absolute Gasteiger partial charge is 0.317 e. The topological polar surface area (TPSA) is 16.1 Å². The number of pyridine rings is 1. The third-order valence-corrected chi connectivity index (χ3v) is 2.73. The van der Waals surface area contributed by atoms with Crippen LogP contribution in [0.4, 0.5) is 5.69 Å². The lowest BCUT2D eigenvalue weighted by molar-refractivity contribution is 1.30. The van der Waals surface area contributed by atoms with Crippen molar-refractivity contribution in [2.24, 2.45) is 0 Å². The number of hydrogen-bond donors (Lipinski definition) is 0. The van der Waals surface area contributed by atoms with Crippen LogP contribution < -0.4 is 3.11 Å². The minimum absolute atomic E-state index is 1.16. The molecule has 0 aliphatic carbocycles. The molecular weight excluding hydrogens is 299 g/mol. The highest BCUT2D eigenvalue weighted by Crippen LogP contribution is 2.30. The van der Waals surface area contributed by atoms with Crippen molar-refractivity contribution < 1.29 is 0 Å². The van der Waals surface area contributed by atoms with Gasteiger partial charge in [0.1, 0.15) is 0 Å². The van der Waals surface area contributed by atoms with Gasteiger partial charge >= 0.3 is 0 Å². The number of halogens is 1. The molecule has 0 unspecified atom stereocenters. The third kappa shape index (κ3) is 2.28. The lowest BCUT2D eigenvalue weighted by atomic mass is 10.1. The maximum atomic E-state index is 4.17. The standard InChI is InChI=1S/C12H11IN2/c1-15(13)12-7-8-14-9-11(12)10-5-3-2-4-6-10/h2-9H,1H3. The molecule has 15 heavy (non-hydrogen) atoms. The number of anilines is 1.